The third-order valence-corrected chi connectivity index (χ3v) is 1.63. The minimum atomic E-state index is -3.52. The van der Waals surface area contributed by atoms with Crippen LogP contribution in [0.1, 0.15) is 12.8 Å². The van der Waals surface area contributed by atoms with Crippen molar-refractivity contribution in [1.82, 2.24) is 0 Å². The molecule has 4 heteroatoms. The molecule has 0 amide bonds. The summed E-state index contributed by atoms with van der Waals surface area (Å²) in [4.78, 5) is 10.4. The van der Waals surface area contributed by atoms with E-state index in [1.165, 1.54) is 6.08 Å². The van der Waals surface area contributed by atoms with Gasteiger partial charge < -0.3 is 14.0 Å². The van der Waals surface area contributed by atoms with Crippen LogP contribution >= 0.6 is 7.60 Å². The predicted molar refractivity (Wildman–Crippen MR) is 42.2 cm³/mol. The van der Waals surface area contributed by atoms with E-state index in [-0.39, 0.29) is 6.61 Å². The van der Waals surface area contributed by atoms with Crippen LogP contribution in [0.5, 0.6) is 0 Å². The number of rotatable bonds is 5. The van der Waals surface area contributed by atoms with Gasteiger partial charge in [-0.05, 0) is 19.8 Å². The Hall–Kier alpha value is -0.110. The standard InChI is InChI=1S/C7H13O3P/c1-3-4-5-6-7-10-11(2,8)9/h1,3-4H,5-7H2,2H3,(H,8,9)/p-1/b4-3+. The van der Waals surface area contributed by atoms with Crippen molar-refractivity contribution in [3.8, 4) is 0 Å². The second-order valence-corrected chi connectivity index (χ2v) is 3.98. The van der Waals surface area contributed by atoms with Crippen molar-refractivity contribution in [2.24, 2.45) is 0 Å². The zero-order valence-corrected chi connectivity index (χ0v) is 7.42. The molecule has 0 saturated carbocycles. The van der Waals surface area contributed by atoms with Crippen molar-refractivity contribution in [2.75, 3.05) is 13.3 Å². The molecule has 0 aliphatic carbocycles. The highest BCUT2D eigenvalue weighted by molar-refractivity contribution is 7.50. The van der Waals surface area contributed by atoms with Gasteiger partial charge in [-0.3, -0.25) is 0 Å². The van der Waals surface area contributed by atoms with Crippen molar-refractivity contribution in [1.29, 1.82) is 0 Å². The van der Waals surface area contributed by atoms with Gasteiger partial charge in [0.05, 0.1) is 6.61 Å². The lowest BCUT2D eigenvalue weighted by Crippen LogP contribution is -2.03. The van der Waals surface area contributed by atoms with Gasteiger partial charge in [-0.15, -0.1) is 0 Å². The molecule has 0 aromatic rings. The summed E-state index contributed by atoms with van der Waals surface area (Å²) >= 11 is 0. The normalized spacial score (nSPS) is 17.0. The van der Waals surface area contributed by atoms with E-state index < -0.39 is 7.60 Å². The summed E-state index contributed by atoms with van der Waals surface area (Å²) in [6.07, 6.45) is 4.61. The molecule has 0 aliphatic heterocycles. The SMILES string of the molecule is [CH]/C=C/CCCOP(C)(=O)[O-]. The van der Waals surface area contributed by atoms with E-state index in [0.29, 0.717) is 6.42 Å². The predicted octanol–water partition coefficient (Wildman–Crippen LogP) is 1.23. The maximum atomic E-state index is 10.4. The van der Waals surface area contributed by atoms with Crippen molar-refractivity contribution in [3.63, 3.8) is 0 Å². The van der Waals surface area contributed by atoms with Gasteiger partial charge in [-0.2, -0.15) is 0 Å². The van der Waals surface area contributed by atoms with Crippen molar-refractivity contribution >= 4 is 7.60 Å². The van der Waals surface area contributed by atoms with Gasteiger partial charge in [0.25, 0.3) is 0 Å². The van der Waals surface area contributed by atoms with Gasteiger partial charge in [-0.1, -0.05) is 12.2 Å². The topological polar surface area (TPSA) is 49.4 Å². The fourth-order valence-electron chi connectivity index (χ4n) is 0.528. The van der Waals surface area contributed by atoms with Crippen molar-refractivity contribution in [2.45, 2.75) is 12.8 Å². The van der Waals surface area contributed by atoms with Gasteiger partial charge in [0, 0.05) is 6.66 Å². The third-order valence-electron chi connectivity index (χ3n) is 0.977. The molecule has 0 aromatic carbocycles. The molecule has 0 N–H and O–H groups in total. The maximum absolute atomic E-state index is 10.4. The van der Waals surface area contributed by atoms with E-state index in [4.69, 9.17) is 6.92 Å². The fraction of sp³-hybridized carbons (Fsp3) is 0.571. The highest BCUT2D eigenvalue weighted by atomic mass is 31.2. The van der Waals surface area contributed by atoms with Crippen molar-refractivity contribution in [3.05, 3.63) is 19.1 Å². The lowest BCUT2D eigenvalue weighted by Gasteiger charge is -2.16. The Labute approximate surface area is 67.6 Å². The van der Waals surface area contributed by atoms with Crippen LogP contribution in [-0.2, 0) is 9.09 Å². The maximum Gasteiger partial charge on any atom is 0.131 e. The van der Waals surface area contributed by atoms with Crippen LogP contribution in [0.15, 0.2) is 12.2 Å². The Morgan fingerprint density at radius 3 is 2.82 bits per heavy atom. The van der Waals surface area contributed by atoms with Crippen LogP contribution in [0.2, 0.25) is 0 Å². The molecule has 64 valence electrons. The molecule has 0 fully saturated rings. The summed E-state index contributed by atoms with van der Waals surface area (Å²) in [7, 11) is -3.52. The summed E-state index contributed by atoms with van der Waals surface area (Å²) in [6.45, 7) is 6.36. The van der Waals surface area contributed by atoms with Gasteiger partial charge in [0.2, 0.25) is 0 Å². The molecule has 1 unspecified atom stereocenters. The molecule has 3 nitrogen and oxygen atoms in total. The first-order valence-corrected chi connectivity index (χ1v) is 5.35. The number of hydrogen-bond donors (Lipinski definition) is 0. The Balaban J connectivity index is 3.22. The van der Waals surface area contributed by atoms with E-state index in [0.717, 1.165) is 13.1 Å². The molecule has 0 aromatic heterocycles. The number of hydrogen-bond acceptors (Lipinski definition) is 3. The van der Waals surface area contributed by atoms with E-state index in [2.05, 4.69) is 4.52 Å². The highest BCUT2D eigenvalue weighted by Gasteiger charge is 1.96. The van der Waals surface area contributed by atoms with Gasteiger partial charge in [0.15, 0.2) is 0 Å². The van der Waals surface area contributed by atoms with Gasteiger partial charge in [-0.25, -0.2) is 0 Å². The molecule has 11 heavy (non-hydrogen) atoms. The number of unbranched alkanes of at least 4 members (excludes halogenated alkanes) is 1. The van der Waals surface area contributed by atoms with Crippen molar-refractivity contribution < 1.29 is 14.0 Å². The van der Waals surface area contributed by atoms with Crippen LogP contribution in [0.25, 0.3) is 0 Å². The quantitative estimate of drug-likeness (QED) is 0.466. The third kappa shape index (κ3) is 9.89. The van der Waals surface area contributed by atoms with Crippen LogP contribution < -0.4 is 4.89 Å². The van der Waals surface area contributed by atoms with Gasteiger partial charge >= 0.3 is 0 Å². The molecule has 0 saturated heterocycles. The first kappa shape index (κ1) is 10.9. The Morgan fingerprint density at radius 2 is 2.36 bits per heavy atom. The minimum Gasteiger partial charge on any atom is -0.779 e. The first-order valence-electron chi connectivity index (χ1n) is 3.36. The summed E-state index contributed by atoms with van der Waals surface area (Å²) in [5, 5.41) is 0. The Bertz CT molecular complexity index is 159. The Morgan fingerprint density at radius 1 is 1.73 bits per heavy atom. The first-order chi connectivity index (χ1) is 5.06. The zero-order chi connectivity index (χ0) is 8.74. The summed E-state index contributed by atoms with van der Waals surface area (Å²) in [5.74, 6) is 0. The minimum absolute atomic E-state index is 0.238. The monoisotopic (exact) mass is 175 g/mol. The fourth-order valence-corrected chi connectivity index (χ4v) is 0.989. The van der Waals surface area contributed by atoms with Crippen LogP contribution in [-0.4, -0.2) is 13.3 Å². The number of allylic oxidation sites excluding steroid dienone is 2. The lowest BCUT2D eigenvalue weighted by molar-refractivity contribution is -0.196. The average molecular weight is 175 g/mol. The zero-order valence-electron chi connectivity index (χ0n) is 6.53. The largest absolute Gasteiger partial charge is 0.779 e. The van der Waals surface area contributed by atoms with E-state index in [1.807, 2.05) is 0 Å². The van der Waals surface area contributed by atoms with E-state index >= 15 is 0 Å². The molecular formula is C7H12O3P-. The molecular weight excluding hydrogens is 163 g/mol. The Kier molecular flexibility index (Phi) is 5.47. The molecule has 0 bridgehead atoms. The molecule has 0 rings (SSSR count). The van der Waals surface area contributed by atoms with E-state index in [1.54, 1.807) is 6.08 Å². The highest BCUT2D eigenvalue weighted by Crippen LogP contribution is 2.30. The summed E-state index contributed by atoms with van der Waals surface area (Å²) in [5.41, 5.74) is 0. The van der Waals surface area contributed by atoms with Crippen LogP contribution in [0.4, 0.5) is 0 Å². The smallest absolute Gasteiger partial charge is 0.131 e. The molecule has 1 atom stereocenters. The van der Waals surface area contributed by atoms with E-state index in [9.17, 15) is 9.46 Å². The summed E-state index contributed by atoms with van der Waals surface area (Å²) < 4.78 is 14.9. The molecule has 0 spiro atoms. The lowest BCUT2D eigenvalue weighted by atomic mass is 10.3. The molecule has 0 aliphatic rings. The second-order valence-electron chi connectivity index (χ2n) is 2.17. The average Bonchev–Trinajstić information content (AvgIpc) is 1.85. The second kappa shape index (κ2) is 5.53. The van der Waals surface area contributed by atoms with Crippen LogP contribution in [0.3, 0.4) is 0 Å². The van der Waals surface area contributed by atoms with Gasteiger partial charge in [0.1, 0.15) is 7.60 Å². The summed E-state index contributed by atoms with van der Waals surface area (Å²) in [6, 6.07) is 0. The molecule has 2 radical (unpaired) electrons. The molecule has 0 heterocycles. The van der Waals surface area contributed by atoms with Crippen LogP contribution in [0, 0.1) is 6.92 Å².